The molecule has 1 N–H and O–H groups in total. The Hall–Kier alpha value is -1.93. The SMILES string of the molecule is CN(C)[C@H](CNc1ccc(S(=O)(=O)C(F)F)cc1)c1ccco1. The van der Waals surface area contributed by atoms with Gasteiger partial charge in [-0.1, -0.05) is 0 Å². The molecule has 23 heavy (non-hydrogen) atoms. The van der Waals surface area contributed by atoms with Crippen LogP contribution in [0.1, 0.15) is 11.8 Å². The number of halogens is 2. The largest absolute Gasteiger partial charge is 0.468 e. The molecule has 2 rings (SSSR count). The summed E-state index contributed by atoms with van der Waals surface area (Å²) in [7, 11) is -0.738. The van der Waals surface area contributed by atoms with E-state index in [0.717, 1.165) is 5.76 Å². The summed E-state index contributed by atoms with van der Waals surface area (Å²) < 4.78 is 53.1. The molecule has 1 aromatic carbocycles. The van der Waals surface area contributed by atoms with Crippen molar-refractivity contribution in [2.75, 3.05) is 26.0 Å². The van der Waals surface area contributed by atoms with Gasteiger partial charge < -0.3 is 9.73 Å². The summed E-state index contributed by atoms with van der Waals surface area (Å²) in [6.07, 6.45) is 1.59. The number of sulfone groups is 1. The minimum absolute atomic E-state index is 0.0190. The standard InChI is InChI=1S/C15H18F2N2O3S/c1-19(2)13(14-4-3-9-22-14)10-18-11-5-7-12(8-6-11)23(20,21)15(16)17/h3-9,13,15,18H,10H2,1-2H3/t13-/m1/s1. The first kappa shape index (κ1) is 17.4. The molecule has 0 unspecified atom stereocenters. The molecule has 1 aromatic heterocycles. The van der Waals surface area contributed by atoms with Gasteiger partial charge in [-0.25, -0.2) is 8.42 Å². The molecule has 126 valence electrons. The molecule has 0 aliphatic carbocycles. The van der Waals surface area contributed by atoms with E-state index in [1.54, 1.807) is 12.3 Å². The van der Waals surface area contributed by atoms with Crippen LogP contribution in [-0.2, 0) is 9.84 Å². The molecule has 0 spiro atoms. The van der Waals surface area contributed by atoms with Crippen LogP contribution in [0.2, 0.25) is 0 Å². The van der Waals surface area contributed by atoms with Gasteiger partial charge in [-0.15, -0.1) is 0 Å². The van der Waals surface area contributed by atoms with Crippen LogP contribution in [0.15, 0.2) is 52.0 Å². The molecular formula is C15H18F2N2O3S. The van der Waals surface area contributed by atoms with Crippen molar-refractivity contribution in [2.24, 2.45) is 0 Å². The van der Waals surface area contributed by atoms with Crippen molar-refractivity contribution in [3.8, 4) is 0 Å². The summed E-state index contributed by atoms with van der Waals surface area (Å²) in [5.74, 6) is -2.63. The van der Waals surface area contributed by atoms with Gasteiger partial charge in [0.2, 0.25) is 9.84 Å². The second kappa shape index (κ2) is 7.10. The Morgan fingerprint density at radius 1 is 1.17 bits per heavy atom. The van der Waals surface area contributed by atoms with Crippen LogP contribution >= 0.6 is 0 Å². The predicted molar refractivity (Wildman–Crippen MR) is 83.3 cm³/mol. The summed E-state index contributed by atoms with van der Waals surface area (Å²) >= 11 is 0. The van der Waals surface area contributed by atoms with Crippen LogP contribution in [0.5, 0.6) is 0 Å². The lowest BCUT2D eigenvalue weighted by Crippen LogP contribution is -2.26. The van der Waals surface area contributed by atoms with Crippen LogP contribution in [0.4, 0.5) is 14.5 Å². The Morgan fingerprint density at radius 3 is 2.30 bits per heavy atom. The van der Waals surface area contributed by atoms with E-state index in [9.17, 15) is 17.2 Å². The molecule has 0 radical (unpaired) electrons. The highest BCUT2D eigenvalue weighted by Gasteiger charge is 2.26. The predicted octanol–water partition coefficient (Wildman–Crippen LogP) is 2.99. The molecule has 0 amide bonds. The third-order valence-corrected chi connectivity index (χ3v) is 4.81. The number of anilines is 1. The van der Waals surface area contributed by atoms with Crippen LogP contribution in [0.3, 0.4) is 0 Å². The lowest BCUT2D eigenvalue weighted by molar-refractivity contribution is 0.234. The van der Waals surface area contributed by atoms with E-state index in [0.29, 0.717) is 12.2 Å². The second-order valence-corrected chi connectivity index (χ2v) is 7.12. The van der Waals surface area contributed by atoms with Gasteiger partial charge in [-0.05, 0) is 50.5 Å². The minimum Gasteiger partial charge on any atom is -0.468 e. The van der Waals surface area contributed by atoms with Crippen LogP contribution < -0.4 is 5.32 Å². The molecule has 2 aromatic rings. The summed E-state index contributed by atoms with van der Waals surface area (Å²) in [6, 6.07) is 8.91. The van der Waals surface area contributed by atoms with Gasteiger partial charge in [-0.3, -0.25) is 4.90 Å². The first-order chi connectivity index (χ1) is 10.8. The molecule has 8 heteroatoms. The third-order valence-electron chi connectivity index (χ3n) is 3.41. The summed E-state index contributed by atoms with van der Waals surface area (Å²) in [6.45, 7) is 0.515. The van der Waals surface area contributed by atoms with E-state index in [4.69, 9.17) is 4.42 Å². The zero-order valence-corrected chi connectivity index (χ0v) is 13.6. The van der Waals surface area contributed by atoms with E-state index < -0.39 is 20.5 Å². The number of hydrogen-bond donors (Lipinski definition) is 1. The molecule has 0 saturated carbocycles. The van der Waals surface area contributed by atoms with Gasteiger partial charge in [0.1, 0.15) is 5.76 Å². The number of rotatable bonds is 7. The molecular weight excluding hydrogens is 326 g/mol. The van der Waals surface area contributed by atoms with Crippen LogP contribution in [-0.4, -0.2) is 39.7 Å². The Morgan fingerprint density at radius 2 is 1.83 bits per heavy atom. The maximum absolute atomic E-state index is 12.5. The van der Waals surface area contributed by atoms with Crippen LogP contribution in [0, 0.1) is 0 Å². The first-order valence-electron chi connectivity index (χ1n) is 6.88. The van der Waals surface area contributed by atoms with Crippen molar-refractivity contribution < 1.29 is 21.6 Å². The van der Waals surface area contributed by atoms with Gasteiger partial charge >= 0.3 is 5.76 Å². The fraction of sp³-hybridized carbons (Fsp3) is 0.333. The van der Waals surface area contributed by atoms with E-state index in [-0.39, 0.29) is 6.04 Å². The van der Waals surface area contributed by atoms with Crippen molar-refractivity contribution in [3.05, 3.63) is 48.4 Å². The van der Waals surface area contributed by atoms with Gasteiger partial charge in [-0.2, -0.15) is 8.78 Å². The fourth-order valence-electron chi connectivity index (χ4n) is 2.10. The molecule has 0 aliphatic heterocycles. The highest BCUT2D eigenvalue weighted by atomic mass is 32.2. The fourth-order valence-corrected chi connectivity index (χ4v) is 2.82. The van der Waals surface area contributed by atoms with Gasteiger partial charge in [0.05, 0.1) is 17.2 Å². The Balaban J connectivity index is 2.07. The van der Waals surface area contributed by atoms with Crippen LogP contribution in [0.25, 0.3) is 0 Å². The number of benzene rings is 1. The quantitative estimate of drug-likeness (QED) is 0.837. The van der Waals surface area contributed by atoms with Crippen molar-refractivity contribution in [1.29, 1.82) is 0 Å². The summed E-state index contributed by atoms with van der Waals surface area (Å²) in [4.78, 5) is 1.58. The van der Waals surface area contributed by atoms with Crippen molar-refractivity contribution in [1.82, 2.24) is 4.90 Å². The number of furan rings is 1. The van der Waals surface area contributed by atoms with Gasteiger partial charge in [0.15, 0.2) is 0 Å². The Bertz CT molecular complexity index is 714. The number of alkyl halides is 2. The number of nitrogens with one attached hydrogen (secondary N) is 1. The van der Waals surface area contributed by atoms with E-state index in [2.05, 4.69) is 5.32 Å². The van der Waals surface area contributed by atoms with Gasteiger partial charge in [0.25, 0.3) is 0 Å². The third kappa shape index (κ3) is 4.08. The zero-order valence-electron chi connectivity index (χ0n) is 12.7. The number of hydrogen-bond acceptors (Lipinski definition) is 5. The van der Waals surface area contributed by atoms with E-state index >= 15 is 0 Å². The molecule has 0 aliphatic rings. The highest BCUT2D eigenvalue weighted by Crippen LogP contribution is 2.22. The van der Waals surface area contributed by atoms with Gasteiger partial charge in [0, 0.05) is 12.2 Å². The minimum atomic E-state index is -4.56. The smallest absolute Gasteiger partial charge is 0.341 e. The Kier molecular flexibility index (Phi) is 5.38. The van der Waals surface area contributed by atoms with E-state index in [1.165, 1.54) is 24.3 Å². The maximum atomic E-state index is 12.5. The normalized spacial score (nSPS) is 13.5. The number of nitrogens with zero attached hydrogens (tertiary/aromatic N) is 1. The average Bonchev–Trinajstić information content (AvgIpc) is 3.01. The molecule has 5 nitrogen and oxygen atoms in total. The maximum Gasteiger partial charge on any atom is 0.341 e. The average molecular weight is 344 g/mol. The molecule has 0 bridgehead atoms. The lowest BCUT2D eigenvalue weighted by Gasteiger charge is -2.23. The number of likely N-dealkylation sites (N-methyl/N-ethyl adjacent to an activating group) is 1. The molecule has 0 saturated heterocycles. The Labute approximate surface area is 133 Å². The molecule has 1 heterocycles. The summed E-state index contributed by atoms with van der Waals surface area (Å²) in [5.41, 5.74) is 0.636. The zero-order chi connectivity index (χ0) is 17.0. The van der Waals surface area contributed by atoms with Crippen molar-refractivity contribution in [3.63, 3.8) is 0 Å². The summed E-state index contributed by atoms with van der Waals surface area (Å²) in [5, 5.41) is 3.14. The van der Waals surface area contributed by atoms with E-state index in [1.807, 2.05) is 25.1 Å². The molecule has 0 fully saturated rings. The van der Waals surface area contributed by atoms with Crippen molar-refractivity contribution >= 4 is 15.5 Å². The second-order valence-electron chi connectivity index (χ2n) is 5.21. The highest BCUT2D eigenvalue weighted by molar-refractivity contribution is 7.91. The monoisotopic (exact) mass is 344 g/mol. The lowest BCUT2D eigenvalue weighted by atomic mass is 10.2. The van der Waals surface area contributed by atoms with Crippen molar-refractivity contribution in [2.45, 2.75) is 16.7 Å². The topological polar surface area (TPSA) is 62.6 Å². The molecule has 1 atom stereocenters. The first-order valence-corrected chi connectivity index (χ1v) is 8.43.